The Kier molecular flexibility index (Phi) is 2.60. The highest BCUT2D eigenvalue weighted by molar-refractivity contribution is 6.07. The zero-order valence-corrected chi connectivity index (χ0v) is 11.2. The summed E-state index contributed by atoms with van der Waals surface area (Å²) in [5.74, 6) is -0.894. The summed E-state index contributed by atoms with van der Waals surface area (Å²) in [6.45, 7) is 3.86. The van der Waals surface area contributed by atoms with Crippen LogP contribution in [0.3, 0.4) is 0 Å². The Balaban J connectivity index is 2.53. The minimum atomic E-state index is -1.09. The van der Waals surface area contributed by atoms with Gasteiger partial charge in [0.1, 0.15) is 16.9 Å². The van der Waals surface area contributed by atoms with Crippen LogP contribution in [-0.2, 0) is 0 Å². The standard InChI is InChI=1S/C14H14N4O2/c1-7(2)18-12(15)10(14(19)20)11-13(18)17-9-6-4-3-5-8(9)16-11/h3-7H,15H2,1-2H3,(H,19,20). The lowest BCUT2D eigenvalue weighted by molar-refractivity contribution is 0.0700. The molecule has 0 aliphatic heterocycles. The summed E-state index contributed by atoms with van der Waals surface area (Å²) in [7, 11) is 0. The smallest absolute Gasteiger partial charge is 0.341 e. The molecule has 0 saturated heterocycles. The molecule has 2 heterocycles. The molecule has 0 bridgehead atoms. The molecule has 20 heavy (non-hydrogen) atoms. The molecule has 3 aromatic rings. The van der Waals surface area contributed by atoms with Crippen LogP contribution < -0.4 is 5.73 Å². The highest BCUT2D eigenvalue weighted by Crippen LogP contribution is 2.30. The lowest BCUT2D eigenvalue weighted by Crippen LogP contribution is -2.08. The number of carboxylic acids is 1. The van der Waals surface area contributed by atoms with Crippen LogP contribution in [0, 0.1) is 0 Å². The molecule has 0 saturated carbocycles. The van der Waals surface area contributed by atoms with Gasteiger partial charge in [-0.25, -0.2) is 14.8 Å². The van der Waals surface area contributed by atoms with Crippen LogP contribution in [0.5, 0.6) is 0 Å². The zero-order valence-electron chi connectivity index (χ0n) is 11.2. The molecular formula is C14H14N4O2. The van der Waals surface area contributed by atoms with E-state index in [9.17, 15) is 9.90 Å². The summed E-state index contributed by atoms with van der Waals surface area (Å²) in [4.78, 5) is 20.4. The first-order chi connectivity index (χ1) is 9.50. The Morgan fingerprint density at radius 1 is 1.25 bits per heavy atom. The molecule has 2 aromatic heterocycles. The number of fused-ring (bicyclic) bond motifs is 2. The molecular weight excluding hydrogens is 256 g/mol. The summed E-state index contributed by atoms with van der Waals surface area (Å²) in [6, 6.07) is 7.35. The largest absolute Gasteiger partial charge is 0.477 e. The first-order valence-corrected chi connectivity index (χ1v) is 6.30. The third kappa shape index (κ3) is 1.61. The summed E-state index contributed by atoms with van der Waals surface area (Å²) >= 11 is 0. The number of nitrogen functional groups attached to an aromatic ring is 1. The van der Waals surface area contributed by atoms with E-state index in [1.165, 1.54) is 0 Å². The zero-order chi connectivity index (χ0) is 14.4. The number of nitrogens with zero attached hydrogens (tertiary/aromatic N) is 3. The molecule has 0 unspecified atom stereocenters. The molecule has 0 spiro atoms. The van der Waals surface area contributed by atoms with Crippen LogP contribution in [0.25, 0.3) is 22.2 Å². The quantitative estimate of drug-likeness (QED) is 0.745. The van der Waals surface area contributed by atoms with Gasteiger partial charge in [-0.3, -0.25) is 0 Å². The monoisotopic (exact) mass is 270 g/mol. The van der Waals surface area contributed by atoms with Crippen LogP contribution in [0.2, 0.25) is 0 Å². The second-order valence-electron chi connectivity index (χ2n) is 4.91. The molecule has 0 amide bonds. The van der Waals surface area contributed by atoms with E-state index in [4.69, 9.17) is 5.73 Å². The predicted octanol–water partition coefficient (Wildman–Crippen LogP) is 2.45. The molecule has 0 fully saturated rings. The molecule has 0 atom stereocenters. The number of hydrogen-bond donors (Lipinski definition) is 2. The number of carboxylic acid groups (broad SMARTS) is 1. The number of rotatable bonds is 2. The number of aromatic nitrogens is 3. The Hall–Kier alpha value is -2.63. The summed E-state index contributed by atoms with van der Waals surface area (Å²) in [6.07, 6.45) is 0. The fourth-order valence-electron chi connectivity index (χ4n) is 2.42. The van der Waals surface area contributed by atoms with Gasteiger partial charge in [0.15, 0.2) is 5.65 Å². The maximum absolute atomic E-state index is 11.4. The lowest BCUT2D eigenvalue weighted by atomic mass is 10.2. The van der Waals surface area contributed by atoms with Crippen molar-refractivity contribution >= 4 is 34.0 Å². The normalized spacial score (nSPS) is 11.6. The van der Waals surface area contributed by atoms with Crippen molar-refractivity contribution in [3.8, 4) is 0 Å². The van der Waals surface area contributed by atoms with Crippen molar-refractivity contribution in [1.82, 2.24) is 14.5 Å². The molecule has 3 rings (SSSR count). The van der Waals surface area contributed by atoms with E-state index in [2.05, 4.69) is 9.97 Å². The van der Waals surface area contributed by atoms with Crippen molar-refractivity contribution in [1.29, 1.82) is 0 Å². The van der Waals surface area contributed by atoms with E-state index in [1.807, 2.05) is 32.0 Å². The number of aromatic carboxylic acids is 1. The van der Waals surface area contributed by atoms with E-state index in [-0.39, 0.29) is 17.4 Å². The maximum atomic E-state index is 11.4. The molecule has 0 aliphatic rings. The first kappa shape index (κ1) is 12.4. The second-order valence-corrected chi connectivity index (χ2v) is 4.91. The summed E-state index contributed by atoms with van der Waals surface area (Å²) in [5.41, 5.74) is 8.22. The fraction of sp³-hybridized carbons (Fsp3) is 0.214. The molecule has 0 aliphatic carbocycles. The average molecular weight is 270 g/mol. The van der Waals surface area contributed by atoms with Crippen LogP contribution in [0.15, 0.2) is 24.3 Å². The minimum absolute atomic E-state index is 0.000984. The van der Waals surface area contributed by atoms with Gasteiger partial charge in [-0.2, -0.15) is 0 Å². The predicted molar refractivity (Wildman–Crippen MR) is 76.8 cm³/mol. The van der Waals surface area contributed by atoms with E-state index in [0.717, 1.165) is 5.52 Å². The van der Waals surface area contributed by atoms with Gasteiger partial charge >= 0.3 is 5.97 Å². The van der Waals surface area contributed by atoms with Crippen molar-refractivity contribution in [2.45, 2.75) is 19.9 Å². The number of hydrogen-bond acceptors (Lipinski definition) is 4. The van der Waals surface area contributed by atoms with Crippen LogP contribution in [0.1, 0.15) is 30.2 Å². The second kappa shape index (κ2) is 4.19. The minimum Gasteiger partial charge on any atom is -0.477 e. The highest BCUT2D eigenvalue weighted by atomic mass is 16.4. The molecule has 0 radical (unpaired) electrons. The van der Waals surface area contributed by atoms with E-state index < -0.39 is 5.97 Å². The maximum Gasteiger partial charge on any atom is 0.341 e. The van der Waals surface area contributed by atoms with Crippen molar-refractivity contribution in [2.24, 2.45) is 0 Å². The molecule has 3 N–H and O–H groups in total. The summed E-state index contributed by atoms with van der Waals surface area (Å²) < 4.78 is 1.71. The van der Waals surface area contributed by atoms with Crippen molar-refractivity contribution in [3.63, 3.8) is 0 Å². The Bertz CT molecular complexity index is 836. The van der Waals surface area contributed by atoms with Crippen molar-refractivity contribution in [3.05, 3.63) is 29.8 Å². The van der Waals surface area contributed by atoms with Crippen molar-refractivity contribution < 1.29 is 9.90 Å². The van der Waals surface area contributed by atoms with Crippen LogP contribution >= 0.6 is 0 Å². The number of benzene rings is 1. The lowest BCUT2D eigenvalue weighted by Gasteiger charge is -2.10. The van der Waals surface area contributed by atoms with Gasteiger partial charge in [0.2, 0.25) is 0 Å². The van der Waals surface area contributed by atoms with Crippen molar-refractivity contribution in [2.75, 3.05) is 5.73 Å². The molecule has 6 heteroatoms. The van der Waals surface area contributed by atoms with Gasteiger partial charge in [-0.15, -0.1) is 0 Å². The Morgan fingerprint density at radius 3 is 2.40 bits per heavy atom. The van der Waals surface area contributed by atoms with Crippen LogP contribution in [0.4, 0.5) is 5.82 Å². The fourth-order valence-corrected chi connectivity index (χ4v) is 2.42. The van der Waals surface area contributed by atoms with Gasteiger partial charge in [0.05, 0.1) is 11.0 Å². The van der Waals surface area contributed by atoms with E-state index >= 15 is 0 Å². The van der Waals surface area contributed by atoms with Crippen LogP contribution in [-0.4, -0.2) is 25.6 Å². The number of para-hydroxylation sites is 2. The molecule has 102 valence electrons. The van der Waals surface area contributed by atoms with Gasteiger partial charge in [-0.1, -0.05) is 12.1 Å². The number of anilines is 1. The molecule has 6 nitrogen and oxygen atoms in total. The summed E-state index contributed by atoms with van der Waals surface area (Å²) in [5, 5.41) is 9.37. The number of carbonyl (C=O) groups is 1. The highest BCUT2D eigenvalue weighted by Gasteiger charge is 2.24. The Morgan fingerprint density at radius 2 is 1.85 bits per heavy atom. The van der Waals surface area contributed by atoms with E-state index in [0.29, 0.717) is 16.7 Å². The third-order valence-corrected chi connectivity index (χ3v) is 3.26. The number of nitrogens with two attached hydrogens (primary N) is 1. The topological polar surface area (TPSA) is 94.0 Å². The molecule has 1 aromatic carbocycles. The van der Waals surface area contributed by atoms with Gasteiger partial charge in [0, 0.05) is 6.04 Å². The van der Waals surface area contributed by atoms with Gasteiger partial charge in [0.25, 0.3) is 0 Å². The van der Waals surface area contributed by atoms with E-state index in [1.54, 1.807) is 10.6 Å². The third-order valence-electron chi connectivity index (χ3n) is 3.26. The SMILES string of the molecule is CC(C)n1c(N)c(C(=O)O)c2nc3ccccc3nc21. The Labute approximate surface area is 114 Å². The average Bonchev–Trinajstić information content (AvgIpc) is 2.67. The first-order valence-electron chi connectivity index (χ1n) is 6.30. The van der Waals surface area contributed by atoms with Gasteiger partial charge in [-0.05, 0) is 26.0 Å². The van der Waals surface area contributed by atoms with Gasteiger partial charge < -0.3 is 15.4 Å².